The highest BCUT2D eigenvalue weighted by molar-refractivity contribution is 5.48. The van der Waals surface area contributed by atoms with Crippen LogP contribution in [0.3, 0.4) is 0 Å². The number of hydrogen-bond acceptors (Lipinski definition) is 4. The smallest absolute Gasteiger partial charge is 0.231 e. The van der Waals surface area contributed by atoms with Crippen LogP contribution in [0.5, 0.6) is 11.5 Å². The summed E-state index contributed by atoms with van der Waals surface area (Å²) in [5, 5.41) is 12.5. The second-order valence-corrected chi connectivity index (χ2v) is 4.48. The molecule has 0 saturated carbocycles. The minimum absolute atomic E-state index is 0.195. The third kappa shape index (κ3) is 2.70. The first-order valence-corrected chi connectivity index (χ1v) is 5.94. The Morgan fingerprint density at radius 2 is 2.18 bits per heavy atom. The highest BCUT2D eigenvalue weighted by Crippen LogP contribution is 2.35. The van der Waals surface area contributed by atoms with Crippen LogP contribution in [0.2, 0.25) is 0 Å². The van der Waals surface area contributed by atoms with Crippen LogP contribution in [-0.4, -0.2) is 24.5 Å². The van der Waals surface area contributed by atoms with E-state index >= 15 is 0 Å². The zero-order valence-corrected chi connectivity index (χ0v) is 10.3. The molecule has 4 heteroatoms. The number of ether oxygens (including phenoxy) is 2. The van der Waals surface area contributed by atoms with Gasteiger partial charge in [-0.25, -0.2) is 0 Å². The van der Waals surface area contributed by atoms with Crippen molar-refractivity contribution in [3.05, 3.63) is 23.8 Å². The molecule has 0 radical (unpaired) electrons. The molecule has 1 aromatic rings. The van der Waals surface area contributed by atoms with Gasteiger partial charge in [0.25, 0.3) is 0 Å². The van der Waals surface area contributed by atoms with Gasteiger partial charge in [-0.3, -0.25) is 0 Å². The lowest BCUT2D eigenvalue weighted by atomic mass is 10.0. The van der Waals surface area contributed by atoms with Crippen molar-refractivity contribution in [2.45, 2.75) is 26.4 Å². The summed E-state index contributed by atoms with van der Waals surface area (Å²) in [6.07, 6.45) is 0. The van der Waals surface area contributed by atoms with Crippen LogP contribution in [-0.2, 0) is 6.54 Å². The van der Waals surface area contributed by atoms with Gasteiger partial charge < -0.3 is 19.9 Å². The standard InChI is InChI=1S/C13H19NO3/c1-9(7-15)10(2)14-6-11-4-3-5-12-13(11)17-8-16-12/h3-5,9-10,14-15H,6-8H2,1-2H3. The van der Waals surface area contributed by atoms with Crippen molar-refractivity contribution in [3.63, 3.8) is 0 Å². The number of benzene rings is 1. The Morgan fingerprint density at radius 1 is 1.35 bits per heavy atom. The molecule has 2 N–H and O–H groups in total. The minimum Gasteiger partial charge on any atom is -0.454 e. The van der Waals surface area contributed by atoms with Crippen LogP contribution in [0.25, 0.3) is 0 Å². The first kappa shape index (κ1) is 12.2. The number of aliphatic hydroxyl groups excluding tert-OH is 1. The van der Waals surface area contributed by atoms with Crippen molar-refractivity contribution < 1.29 is 14.6 Å². The Balaban J connectivity index is 1.98. The average molecular weight is 237 g/mol. The maximum atomic E-state index is 9.07. The summed E-state index contributed by atoms with van der Waals surface area (Å²) < 4.78 is 10.8. The Kier molecular flexibility index (Phi) is 3.86. The quantitative estimate of drug-likeness (QED) is 0.815. The van der Waals surface area contributed by atoms with Gasteiger partial charge in [-0.1, -0.05) is 19.1 Å². The molecule has 17 heavy (non-hydrogen) atoms. The number of para-hydroxylation sites is 1. The molecule has 1 aliphatic rings. The third-order valence-electron chi connectivity index (χ3n) is 3.23. The van der Waals surface area contributed by atoms with Gasteiger partial charge in [0.1, 0.15) is 0 Å². The van der Waals surface area contributed by atoms with Crippen molar-refractivity contribution in [3.8, 4) is 11.5 Å². The molecule has 1 aliphatic heterocycles. The Hall–Kier alpha value is -1.26. The van der Waals surface area contributed by atoms with Crippen LogP contribution in [0.1, 0.15) is 19.4 Å². The first-order chi connectivity index (χ1) is 8.22. The molecule has 1 aromatic carbocycles. The summed E-state index contributed by atoms with van der Waals surface area (Å²) in [6, 6.07) is 6.16. The van der Waals surface area contributed by atoms with E-state index in [1.807, 2.05) is 25.1 Å². The molecule has 2 atom stereocenters. The topological polar surface area (TPSA) is 50.7 Å². The van der Waals surface area contributed by atoms with E-state index in [0.29, 0.717) is 6.79 Å². The molecule has 94 valence electrons. The van der Waals surface area contributed by atoms with Crippen LogP contribution in [0.4, 0.5) is 0 Å². The number of nitrogens with one attached hydrogen (secondary N) is 1. The van der Waals surface area contributed by atoms with Gasteiger partial charge in [-0.2, -0.15) is 0 Å². The third-order valence-corrected chi connectivity index (χ3v) is 3.23. The van der Waals surface area contributed by atoms with Crippen LogP contribution in [0.15, 0.2) is 18.2 Å². The van der Waals surface area contributed by atoms with Gasteiger partial charge in [0.2, 0.25) is 6.79 Å². The summed E-state index contributed by atoms with van der Waals surface area (Å²) in [5.74, 6) is 1.89. The van der Waals surface area contributed by atoms with Gasteiger partial charge in [-0.05, 0) is 18.9 Å². The first-order valence-electron chi connectivity index (χ1n) is 5.94. The lowest BCUT2D eigenvalue weighted by molar-refractivity contribution is 0.173. The van der Waals surface area contributed by atoms with E-state index in [4.69, 9.17) is 14.6 Å². The Labute approximate surface area is 102 Å². The fourth-order valence-corrected chi connectivity index (χ4v) is 1.76. The zero-order valence-electron chi connectivity index (χ0n) is 10.3. The van der Waals surface area contributed by atoms with E-state index in [2.05, 4.69) is 12.2 Å². The summed E-state index contributed by atoms with van der Waals surface area (Å²) in [5.41, 5.74) is 1.09. The van der Waals surface area contributed by atoms with Gasteiger partial charge in [-0.15, -0.1) is 0 Å². The Morgan fingerprint density at radius 3 is 2.94 bits per heavy atom. The van der Waals surface area contributed by atoms with Gasteiger partial charge in [0, 0.05) is 24.8 Å². The van der Waals surface area contributed by atoms with Gasteiger partial charge in [0.15, 0.2) is 11.5 Å². The molecule has 1 heterocycles. The molecule has 0 bridgehead atoms. The van der Waals surface area contributed by atoms with Crippen molar-refractivity contribution >= 4 is 0 Å². The summed E-state index contributed by atoms with van der Waals surface area (Å²) in [4.78, 5) is 0. The number of hydrogen-bond donors (Lipinski definition) is 2. The number of fused-ring (bicyclic) bond motifs is 1. The molecule has 0 aromatic heterocycles. The van der Waals surface area contributed by atoms with Crippen LogP contribution in [0, 0.1) is 5.92 Å². The highest BCUT2D eigenvalue weighted by Gasteiger charge is 2.18. The molecule has 0 spiro atoms. The molecule has 4 nitrogen and oxygen atoms in total. The van der Waals surface area contributed by atoms with Crippen molar-refractivity contribution in [1.29, 1.82) is 0 Å². The maximum Gasteiger partial charge on any atom is 0.231 e. The monoisotopic (exact) mass is 237 g/mol. The van der Waals surface area contributed by atoms with Crippen LogP contribution < -0.4 is 14.8 Å². The summed E-state index contributed by atoms with van der Waals surface area (Å²) in [7, 11) is 0. The van der Waals surface area contributed by atoms with Crippen molar-refractivity contribution in [2.75, 3.05) is 13.4 Å². The molecule has 0 amide bonds. The SMILES string of the molecule is CC(CO)C(C)NCc1cccc2c1OCO2. The minimum atomic E-state index is 0.195. The number of aliphatic hydroxyl groups is 1. The average Bonchev–Trinajstić information content (AvgIpc) is 2.83. The molecule has 0 saturated heterocycles. The second kappa shape index (κ2) is 5.38. The zero-order chi connectivity index (χ0) is 12.3. The van der Waals surface area contributed by atoms with E-state index in [1.165, 1.54) is 0 Å². The highest BCUT2D eigenvalue weighted by atomic mass is 16.7. The van der Waals surface area contributed by atoms with Crippen molar-refractivity contribution in [1.82, 2.24) is 5.32 Å². The normalized spacial score (nSPS) is 16.9. The molecule has 2 rings (SSSR count). The van der Waals surface area contributed by atoms with Gasteiger partial charge in [0.05, 0.1) is 0 Å². The predicted molar refractivity (Wildman–Crippen MR) is 65.1 cm³/mol. The Bertz CT molecular complexity index is 381. The molecular weight excluding hydrogens is 218 g/mol. The van der Waals surface area contributed by atoms with E-state index in [1.54, 1.807) is 0 Å². The maximum absolute atomic E-state index is 9.07. The largest absolute Gasteiger partial charge is 0.454 e. The van der Waals surface area contributed by atoms with Gasteiger partial charge >= 0.3 is 0 Å². The van der Waals surface area contributed by atoms with E-state index in [-0.39, 0.29) is 18.6 Å². The van der Waals surface area contributed by atoms with E-state index in [9.17, 15) is 0 Å². The number of rotatable bonds is 5. The predicted octanol–water partition coefficient (Wildman–Crippen LogP) is 1.52. The fraction of sp³-hybridized carbons (Fsp3) is 0.538. The van der Waals surface area contributed by atoms with Crippen LogP contribution >= 0.6 is 0 Å². The molecule has 2 unspecified atom stereocenters. The molecule has 0 fully saturated rings. The second-order valence-electron chi connectivity index (χ2n) is 4.48. The fourth-order valence-electron chi connectivity index (χ4n) is 1.76. The van der Waals surface area contributed by atoms with Crippen molar-refractivity contribution in [2.24, 2.45) is 5.92 Å². The lowest BCUT2D eigenvalue weighted by Gasteiger charge is -2.19. The lowest BCUT2D eigenvalue weighted by Crippen LogP contribution is -2.33. The van der Waals surface area contributed by atoms with E-state index < -0.39 is 0 Å². The summed E-state index contributed by atoms with van der Waals surface area (Å²) >= 11 is 0. The molecule has 0 aliphatic carbocycles. The van der Waals surface area contributed by atoms with E-state index in [0.717, 1.165) is 23.6 Å². The summed E-state index contributed by atoms with van der Waals surface area (Å²) in [6.45, 7) is 5.31. The molecular formula is C13H19NO3.